The van der Waals surface area contributed by atoms with Crippen LogP contribution in [0.3, 0.4) is 0 Å². The van der Waals surface area contributed by atoms with Crippen LogP contribution >= 0.6 is 0 Å². The van der Waals surface area contributed by atoms with Crippen molar-refractivity contribution in [2.75, 3.05) is 19.6 Å². The predicted octanol–water partition coefficient (Wildman–Crippen LogP) is 4.02. The van der Waals surface area contributed by atoms with E-state index in [0.29, 0.717) is 0 Å². The van der Waals surface area contributed by atoms with Crippen LogP contribution in [0.1, 0.15) is 12.5 Å². The summed E-state index contributed by atoms with van der Waals surface area (Å²) in [6.45, 7) is 4.84. The first kappa shape index (κ1) is 13.8. The zero-order chi connectivity index (χ0) is 14.5. The molecule has 106 valence electrons. The molecule has 2 nitrogen and oxygen atoms in total. The molecule has 21 heavy (non-hydrogen) atoms. The summed E-state index contributed by atoms with van der Waals surface area (Å²) in [6.07, 6.45) is 2.03. The molecule has 0 unspecified atom stereocenters. The topological polar surface area (TPSA) is 24.4 Å². The molecule has 2 heteroatoms. The van der Waals surface area contributed by atoms with Gasteiger partial charge in [-0.05, 0) is 34.2 Å². The summed E-state index contributed by atoms with van der Waals surface area (Å²) in [7, 11) is 0. The predicted molar refractivity (Wildman–Crippen MR) is 92.5 cm³/mol. The zero-order valence-corrected chi connectivity index (χ0v) is 12.3. The normalized spacial score (nSPS) is 11.7. The number of nitrogens with one attached hydrogen (secondary N) is 1. The second-order valence-corrected chi connectivity index (χ2v) is 5.12. The molecule has 0 amide bonds. The van der Waals surface area contributed by atoms with Crippen LogP contribution in [0.25, 0.3) is 21.5 Å². The highest BCUT2D eigenvalue weighted by Gasteiger charge is 2.04. The van der Waals surface area contributed by atoms with E-state index in [1.54, 1.807) is 0 Å². The van der Waals surface area contributed by atoms with Crippen LogP contribution in [-0.2, 0) is 0 Å². The fourth-order valence-corrected chi connectivity index (χ4v) is 2.66. The maximum absolute atomic E-state index is 4.59. The largest absolute Gasteiger partial charge is 0.315 e. The molecule has 0 aliphatic rings. The molecule has 3 aromatic carbocycles. The van der Waals surface area contributed by atoms with E-state index in [1.807, 2.05) is 6.21 Å². The van der Waals surface area contributed by atoms with E-state index in [4.69, 9.17) is 0 Å². The quantitative estimate of drug-likeness (QED) is 0.425. The highest BCUT2D eigenvalue weighted by molar-refractivity contribution is 6.13. The first-order valence-electron chi connectivity index (χ1n) is 7.51. The van der Waals surface area contributed by atoms with Crippen molar-refractivity contribution in [1.29, 1.82) is 0 Å². The van der Waals surface area contributed by atoms with Crippen LogP contribution in [-0.4, -0.2) is 25.8 Å². The van der Waals surface area contributed by atoms with Gasteiger partial charge in [-0.2, -0.15) is 0 Å². The lowest BCUT2D eigenvalue weighted by atomic mass is 9.97. The zero-order valence-electron chi connectivity index (χ0n) is 12.3. The first-order valence-corrected chi connectivity index (χ1v) is 7.51. The van der Waals surface area contributed by atoms with Crippen LogP contribution in [0.15, 0.2) is 59.6 Å². The minimum Gasteiger partial charge on any atom is -0.315 e. The molecular formula is C19H20N2. The van der Waals surface area contributed by atoms with Crippen molar-refractivity contribution in [2.24, 2.45) is 4.99 Å². The number of benzene rings is 3. The summed E-state index contributed by atoms with van der Waals surface area (Å²) in [5.41, 5.74) is 1.22. The molecule has 0 atom stereocenters. The van der Waals surface area contributed by atoms with Gasteiger partial charge < -0.3 is 5.32 Å². The maximum atomic E-state index is 4.59. The van der Waals surface area contributed by atoms with Gasteiger partial charge in [-0.1, -0.05) is 55.5 Å². The molecule has 0 heterocycles. The average molecular weight is 276 g/mol. The van der Waals surface area contributed by atoms with Gasteiger partial charge in [0, 0.05) is 18.3 Å². The first-order chi connectivity index (χ1) is 10.4. The number of likely N-dealkylation sites (N-methyl/N-ethyl adjacent to an activating group) is 1. The Morgan fingerprint density at radius 3 is 2.19 bits per heavy atom. The van der Waals surface area contributed by atoms with Crippen molar-refractivity contribution in [1.82, 2.24) is 5.32 Å². The standard InChI is InChI=1S/C19H20N2/c1-2-20-11-12-21-14-19-17-9-5-3-7-15(17)13-16-8-4-6-10-18(16)19/h3-10,13-14,20H,2,11-12H2,1H3. The number of hydrogen-bond acceptors (Lipinski definition) is 2. The summed E-state index contributed by atoms with van der Waals surface area (Å²) in [5.74, 6) is 0. The molecule has 3 aromatic rings. The molecule has 0 aliphatic heterocycles. The minimum absolute atomic E-state index is 0.811. The summed E-state index contributed by atoms with van der Waals surface area (Å²) in [4.78, 5) is 4.59. The monoisotopic (exact) mass is 276 g/mol. The van der Waals surface area contributed by atoms with Gasteiger partial charge in [0.1, 0.15) is 0 Å². The number of rotatable bonds is 5. The van der Waals surface area contributed by atoms with Crippen molar-refractivity contribution >= 4 is 27.8 Å². The Hall–Kier alpha value is -2.19. The third kappa shape index (κ3) is 2.96. The molecule has 0 bridgehead atoms. The SMILES string of the molecule is CCNCCN=Cc1c2ccccc2cc2ccccc12. The van der Waals surface area contributed by atoms with Gasteiger partial charge in [-0.25, -0.2) is 0 Å². The van der Waals surface area contributed by atoms with Crippen molar-refractivity contribution < 1.29 is 0 Å². The minimum atomic E-state index is 0.811. The van der Waals surface area contributed by atoms with Gasteiger partial charge in [0.15, 0.2) is 0 Å². The molecule has 1 N–H and O–H groups in total. The van der Waals surface area contributed by atoms with E-state index in [9.17, 15) is 0 Å². The van der Waals surface area contributed by atoms with E-state index in [0.717, 1.165) is 19.6 Å². The van der Waals surface area contributed by atoms with Crippen LogP contribution < -0.4 is 5.32 Å². The fraction of sp³-hybridized carbons (Fsp3) is 0.211. The Morgan fingerprint density at radius 2 is 1.57 bits per heavy atom. The van der Waals surface area contributed by atoms with Crippen molar-refractivity contribution in [2.45, 2.75) is 6.92 Å². The Labute approximate surface area is 125 Å². The third-order valence-electron chi connectivity index (χ3n) is 3.70. The number of hydrogen-bond donors (Lipinski definition) is 1. The highest BCUT2D eigenvalue weighted by Crippen LogP contribution is 2.27. The third-order valence-corrected chi connectivity index (χ3v) is 3.70. The summed E-state index contributed by atoms with van der Waals surface area (Å²) >= 11 is 0. The number of nitrogens with zero attached hydrogens (tertiary/aromatic N) is 1. The maximum Gasteiger partial charge on any atom is 0.0514 e. The lowest BCUT2D eigenvalue weighted by molar-refractivity contribution is 0.727. The van der Waals surface area contributed by atoms with Crippen molar-refractivity contribution in [3.8, 4) is 0 Å². The molecule has 0 spiro atoms. The molecule has 0 saturated heterocycles. The lowest BCUT2D eigenvalue weighted by Gasteiger charge is -2.08. The van der Waals surface area contributed by atoms with Gasteiger partial charge in [-0.3, -0.25) is 4.99 Å². The van der Waals surface area contributed by atoms with Crippen molar-refractivity contribution in [3.05, 3.63) is 60.2 Å². The van der Waals surface area contributed by atoms with E-state index < -0.39 is 0 Å². The number of fused-ring (bicyclic) bond motifs is 2. The van der Waals surface area contributed by atoms with Gasteiger partial charge in [-0.15, -0.1) is 0 Å². The molecule has 0 saturated carbocycles. The summed E-state index contributed by atoms with van der Waals surface area (Å²) in [5, 5.41) is 8.36. The van der Waals surface area contributed by atoms with Gasteiger partial charge in [0.25, 0.3) is 0 Å². The van der Waals surface area contributed by atoms with Gasteiger partial charge in [0.05, 0.1) is 6.54 Å². The van der Waals surface area contributed by atoms with Crippen molar-refractivity contribution in [3.63, 3.8) is 0 Å². The van der Waals surface area contributed by atoms with E-state index >= 15 is 0 Å². The smallest absolute Gasteiger partial charge is 0.0514 e. The Bertz CT molecular complexity index is 721. The van der Waals surface area contributed by atoms with Crippen LogP contribution in [0.2, 0.25) is 0 Å². The molecule has 3 rings (SSSR count). The second-order valence-electron chi connectivity index (χ2n) is 5.12. The fourth-order valence-electron chi connectivity index (χ4n) is 2.66. The highest BCUT2D eigenvalue weighted by atomic mass is 14.9. The Morgan fingerprint density at radius 1 is 0.952 bits per heavy atom. The molecule has 0 radical (unpaired) electrons. The van der Waals surface area contributed by atoms with E-state index in [2.05, 4.69) is 71.8 Å². The Balaban J connectivity index is 2.07. The van der Waals surface area contributed by atoms with E-state index in [1.165, 1.54) is 27.1 Å². The van der Waals surface area contributed by atoms with Crippen LogP contribution in [0.4, 0.5) is 0 Å². The summed E-state index contributed by atoms with van der Waals surface area (Å²) in [6, 6.07) is 19.3. The average Bonchev–Trinajstić information content (AvgIpc) is 2.53. The second kappa shape index (κ2) is 6.51. The van der Waals surface area contributed by atoms with Crippen LogP contribution in [0.5, 0.6) is 0 Å². The van der Waals surface area contributed by atoms with Gasteiger partial charge in [0.2, 0.25) is 0 Å². The Kier molecular flexibility index (Phi) is 4.27. The summed E-state index contributed by atoms with van der Waals surface area (Å²) < 4.78 is 0. The van der Waals surface area contributed by atoms with E-state index in [-0.39, 0.29) is 0 Å². The molecule has 0 aliphatic carbocycles. The van der Waals surface area contributed by atoms with Crippen LogP contribution in [0, 0.1) is 0 Å². The van der Waals surface area contributed by atoms with Gasteiger partial charge >= 0.3 is 0 Å². The molecular weight excluding hydrogens is 256 g/mol. The lowest BCUT2D eigenvalue weighted by Crippen LogP contribution is -2.16. The molecule has 0 aromatic heterocycles. The molecule has 0 fully saturated rings. The number of aliphatic imine (C=N–C) groups is 1.